The van der Waals surface area contributed by atoms with E-state index in [9.17, 15) is 4.79 Å². The summed E-state index contributed by atoms with van der Waals surface area (Å²) in [6.45, 7) is 14.9. The molecule has 0 saturated heterocycles. The monoisotopic (exact) mass is 302 g/mol. The van der Waals surface area contributed by atoms with E-state index < -0.39 is 0 Å². The summed E-state index contributed by atoms with van der Waals surface area (Å²) < 4.78 is 5.37. The molecule has 2 fully saturated rings. The van der Waals surface area contributed by atoms with Crippen molar-refractivity contribution in [2.24, 2.45) is 17.3 Å². The molecular formula is C20H30O2. The van der Waals surface area contributed by atoms with Crippen LogP contribution in [-0.4, -0.2) is 12.6 Å². The van der Waals surface area contributed by atoms with Gasteiger partial charge in [-0.2, -0.15) is 0 Å². The summed E-state index contributed by atoms with van der Waals surface area (Å²) in [7, 11) is 0. The molecule has 2 nitrogen and oxygen atoms in total. The summed E-state index contributed by atoms with van der Waals surface area (Å²) >= 11 is 0. The van der Waals surface area contributed by atoms with Crippen LogP contribution in [0.4, 0.5) is 0 Å². The summed E-state index contributed by atoms with van der Waals surface area (Å²) in [5.74, 6) is 0.850. The van der Waals surface area contributed by atoms with Crippen LogP contribution in [0.15, 0.2) is 36.0 Å². The SMILES string of the molecule is C=C(COC(=O)C(C)=CC)C1CCC2(C)CCCC(=C)C2C1. The zero-order valence-electron chi connectivity index (χ0n) is 14.4. The Morgan fingerprint density at radius 3 is 2.86 bits per heavy atom. The average molecular weight is 302 g/mol. The van der Waals surface area contributed by atoms with Crippen LogP contribution >= 0.6 is 0 Å². The number of hydrogen-bond donors (Lipinski definition) is 0. The summed E-state index contributed by atoms with van der Waals surface area (Å²) in [5, 5.41) is 0. The minimum atomic E-state index is -0.230. The highest BCUT2D eigenvalue weighted by Crippen LogP contribution is 2.54. The molecule has 3 unspecified atom stereocenters. The van der Waals surface area contributed by atoms with E-state index in [2.05, 4.69) is 20.1 Å². The minimum absolute atomic E-state index is 0.230. The van der Waals surface area contributed by atoms with Crippen LogP contribution in [0.1, 0.15) is 59.3 Å². The molecule has 0 aromatic heterocycles. The first-order valence-electron chi connectivity index (χ1n) is 8.53. The van der Waals surface area contributed by atoms with E-state index in [1.165, 1.54) is 37.7 Å². The predicted octanol–water partition coefficient (Wildman–Crippen LogP) is 5.21. The van der Waals surface area contributed by atoms with Gasteiger partial charge < -0.3 is 4.74 Å². The Kier molecular flexibility index (Phi) is 5.31. The Morgan fingerprint density at radius 1 is 1.45 bits per heavy atom. The van der Waals surface area contributed by atoms with Gasteiger partial charge in [0.15, 0.2) is 0 Å². The van der Waals surface area contributed by atoms with Crippen LogP contribution in [0.25, 0.3) is 0 Å². The second kappa shape index (κ2) is 6.85. The zero-order chi connectivity index (χ0) is 16.3. The maximum Gasteiger partial charge on any atom is 0.333 e. The molecule has 0 heterocycles. The Hall–Kier alpha value is -1.31. The Morgan fingerprint density at radius 2 is 2.18 bits per heavy atom. The molecule has 22 heavy (non-hydrogen) atoms. The summed E-state index contributed by atoms with van der Waals surface area (Å²) in [4.78, 5) is 11.7. The number of rotatable bonds is 4. The van der Waals surface area contributed by atoms with Gasteiger partial charge >= 0.3 is 5.97 Å². The van der Waals surface area contributed by atoms with Crippen molar-refractivity contribution in [3.63, 3.8) is 0 Å². The van der Waals surface area contributed by atoms with Crippen LogP contribution in [0.2, 0.25) is 0 Å². The van der Waals surface area contributed by atoms with E-state index in [4.69, 9.17) is 4.74 Å². The van der Waals surface area contributed by atoms with E-state index in [0.29, 0.717) is 29.4 Å². The lowest BCUT2D eigenvalue weighted by Gasteiger charge is -2.49. The van der Waals surface area contributed by atoms with Gasteiger partial charge in [-0.3, -0.25) is 0 Å². The molecule has 2 aliphatic carbocycles. The lowest BCUT2D eigenvalue weighted by atomic mass is 9.56. The van der Waals surface area contributed by atoms with Gasteiger partial charge in [-0.25, -0.2) is 4.79 Å². The van der Waals surface area contributed by atoms with Crippen LogP contribution < -0.4 is 0 Å². The van der Waals surface area contributed by atoms with Crippen LogP contribution in [0.5, 0.6) is 0 Å². The molecule has 3 atom stereocenters. The van der Waals surface area contributed by atoms with Gasteiger partial charge in [-0.05, 0) is 75.2 Å². The molecule has 0 spiro atoms. The van der Waals surface area contributed by atoms with Crippen molar-refractivity contribution in [1.82, 2.24) is 0 Å². The lowest BCUT2D eigenvalue weighted by Crippen LogP contribution is -2.38. The van der Waals surface area contributed by atoms with E-state index >= 15 is 0 Å². The average Bonchev–Trinajstić information content (AvgIpc) is 2.51. The topological polar surface area (TPSA) is 26.3 Å². The number of esters is 1. The maximum atomic E-state index is 11.7. The van der Waals surface area contributed by atoms with Gasteiger partial charge in [0.1, 0.15) is 6.61 Å². The Balaban J connectivity index is 1.92. The molecule has 2 heteroatoms. The maximum absolute atomic E-state index is 11.7. The molecule has 122 valence electrons. The first-order chi connectivity index (χ1) is 10.4. The predicted molar refractivity (Wildman–Crippen MR) is 91.5 cm³/mol. The molecule has 2 saturated carbocycles. The van der Waals surface area contributed by atoms with E-state index in [1.54, 1.807) is 13.0 Å². The molecule has 2 rings (SSSR count). The molecule has 0 aromatic carbocycles. The van der Waals surface area contributed by atoms with Gasteiger partial charge in [0.05, 0.1) is 0 Å². The summed E-state index contributed by atoms with van der Waals surface area (Å²) in [5.41, 5.74) is 3.58. The first kappa shape index (κ1) is 17.1. The second-order valence-electron chi connectivity index (χ2n) is 7.40. The molecule has 0 aliphatic heterocycles. The highest BCUT2D eigenvalue weighted by atomic mass is 16.5. The summed E-state index contributed by atoms with van der Waals surface area (Å²) in [6.07, 6.45) is 9.11. The lowest BCUT2D eigenvalue weighted by molar-refractivity contribution is -0.138. The normalized spacial score (nSPS) is 32.3. The number of carbonyl (C=O) groups is 1. The van der Waals surface area contributed by atoms with E-state index in [0.717, 1.165) is 12.0 Å². The van der Waals surface area contributed by atoms with Crippen molar-refractivity contribution >= 4 is 5.97 Å². The van der Waals surface area contributed by atoms with Crippen LogP contribution in [-0.2, 0) is 9.53 Å². The molecule has 0 aromatic rings. The van der Waals surface area contributed by atoms with Crippen molar-refractivity contribution in [3.05, 3.63) is 36.0 Å². The third-order valence-corrected chi connectivity index (χ3v) is 5.88. The van der Waals surface area contributed by atoms with Crippen molar-refractivity contribution in [2.45, 2.75) is 59.3 Å². The van der Waals surface area contributed by atoms with Gasteiger partial charge in [0.2, 0.25) is 0 Å². The molecular weight excluding hydrogens is 272 g/mol. The van der Waals surface area contributed by atoms with Crippen molar-refractivity contribution in [3.8, 4) is 0 Å². The van der Waals surface area contributed by atoms with Crippen molar-refractivity contribution in [1.29, 1.82) is 0 Å². The third kappa shape index (κ3) is 3.53. The first-order valence-corrected chi connectivity index (χ1v) is 8.53. The van der Waals surface area contributed by atoms with E-state index in [-0.39, 0.29) is 5.97 Å². The fourth-order valence-electron chi connectivity index (χ4n) is 4.10. The van der Waals surface area contributed by atoms with Crippen molar-refractivity contribution < 1.29 is 9.53 Å². The number of ether oxygens (including phenoxy) is 1. The standard InChI is InChI=1S/C20H30O2/c1-6-14(2)19(21)22-13-16(4)17-9-11-20(5)10-7-8-15(3)18(20)12-17/h6,17-18H,3-4,7-13H2,1-2,5H3. The largest absolute Gasteiger partial charge is 0.458 e. The number of allylic oxidation sites excluding steroid dienone is 2. The van der Waals surface area contributed by atoms with Crippen molar-refractivity contribution in [2.75, 3.05) is 6.61 Å². The number of carbonyl (C=O) groups excluding carboxylic acids is 1. The van der Waals surface area contributed by atoms with E-state index in [1.807, 2.05) is 6.92 Å². The highest BCUT2D eigenvalue weighted by molar-refractivity contribution is 5.87. The number of hydrogen-bond acceptors (Lipinski definition) is 2. The van der Waals surface area contributed by atoms with Gasteiger partial charge in [-0.1, -0.05) is 31.7 Å². The Bertz CT molecular complexity index is 500. The zero-order valence-corrected chi connectivity index (χ0v) is 14.4. The molecule has 2 aliphatic rings. The van der Waals surface area contributed by atoms with Crippen LogP contribution in [0.3, 0.4) is 0 Å². The quantitative estimate of drug-likeness (QED) is 0.404. The summed E-state index contributed by atoms with van der Waals surface area (Å²) in [6, 6.07) is 0. The molecule has 0 radical (unpaired) electrons. The van der Waals surface area contributed by atoms with Crippen LogP contribution in [0, 0.1) is 17.3 Å². The molecule has 0 amide bonds. The fourth-order valence-corrected chi connectivity index (χ4v) is 4.10. The second-order valence-corrected chi connectivity index (χ2v) is 7.40. The van der Waals surface area contributed by atoms with Gasteiger partial charge in [0.25, 0.3) is 0 Å². The Labute approximate surface area is 135 Å². The minimum Gasteiger partial charge on any atom is -0.458 e. The smallest absolute Gasteiger partial charge is 0.333 e. The highest BCUT2D eigenvalue weighted by Gasteiger charge is 2.43. The molecule has 0 N–H and O–H groups in total. The fraction of sp³-hybridized carbons (Fsp3) is 0.650. The third-order valence-electron chi connectivity index (χ3n) is 5.88. The van der Waals surface area contributed by atoms with Gasteiger partial charge in [-0.15, -0.1) is 0 Å². The molecule has 0 bridgehead atoms. The van der Waals surface area contributed by atoms with Gasteiger partial charge in [0, 0.05) is 5.57 Å². The number of fused-ring (bicyclic) bond motifs is 1.